The summed E-state index contributed by atoms with van der Waals surface area (Å²) in [6, 6.07) is 0. The first-order valence-corrected chi connectivity index (χ1v) is 5.58. The largest absolute Gasteiger partial charge is 0.469 e. The third-order valence-corrected chi connectivity index (χ3v) is 2.32. The summed E-state index contributed by atoms with van der Waals surface area (Å²) in [4.78, 5) is 10.6. The topological polar surface area (TPSA) is 80.7 Å². The molecule has 5 nitrogen and oxygen atoms in total. The van der Waals surface area contributed by atoms with Crippen LogP contribution in [0.2, 0.25) is 0 Å². The molecule has 0 spiro atoms. The lowest BCUT2D eigenvalue weighted by Crippen LogP contribution is -2.04. The molecule has 0 aliphatic rings. The van der Waals surface area contributed by atoms with E-state index in [0.717, 1.165) is 0 Å². The summed E-state index contributed by atoms with van der Waals surface area (Å²) in [5.41, 5.74) is 0. The molecule has 78 valence electrons. The van der Waals surface area contributed by atoms with Gasteiger partial charge in [-0.25, -0.2) is 0 Å². The summed E-state index contributed by atoms with van der Waals surface area (Å²) >= 11 is 0. The average Bonchev–Trinajstić information content (AvgIpc) is 2.01. The lowest BCUT2D eigenvalue weighted by Gasteiger charge is -1.98. The zero-order chi connectivity index (χ0) is 10.3. The third kappa shape index (κ3) is 9.29. The predicted octanol–water partition coefficient (Wildman–Crippen LogP) is 0.608. The molecule has 0 aromatic heterocycles. The van der Waals surface area contributed by atoms with Crippen molar-refractivity contribution in [3.05, 3.63) is 0 Å². The summed E-state index contributed by atoms with van der Waals surface area (Å²) in [7, 11) is -2.54. The lowest BCUT2D eigenvalue weighted by molar-refractivity contribution is -0.140. The summed E-state index contributed by atoms with van der Waals surface area (Å²) in [5, 5.41) is 0. The van der Waals surface area contributed by atoms with Gasteiger partial charge in [0.1, 0.15) is 0 Å². The number of ether oxygens (including phenoxy) is 1. The quantitative estimate of drug-likeness (QED) is 0.394. The molecule has 0 fully saturated rings. The molecule has 6 heteroatoms. The Bertz CT molecular complexity index is 244. The number of methoxy groups -OCH3 is 1. The van der Waals surface area contributed by atoms with Crippen LogP contribution < -0.4 is 0 Å². The molecule has 1 N–H and O–H groups in total. The molecule has 0 saturated heterocycles. The Hall–Kier alpha value is -0.620. The van der Waals surface area contributed by atoms with Gasteiger partial charge in [0.05, 0.1) is 12.9 Å². The molecule has 0 atom stereocenters. The van der Waals surface area contributed by atoms with Crippen LogP contribution in [0.5, 0.6) is 0 Å². The Balaban J connectivity index is 3.33. The molecule has 0 aliphatic heterocycles. The van der Waals surface area contributed by atoms with Gasteiger partial charge in [-0.1, -0.05) is 6.42 Å². The van der Waals surface area contributed by atoms with Crippen LogP contribution in [0.15, 0.2) is 0 Å². The van der Waals surface area contributed by atoms with Crippen molar-refractivity contribution in [1.29, 1.82) is 0 Å². The van der Waals surface area contributed by atoms with Crippen molar-refractivity contribution >= 4 is 16.1 Å². The van der Waals surface area contributed by atoms with Gasteiger partial charge >= 0.3 is 5.97 Å². The highest BCUT2D eigenvalue weighted by molar-refractivity contribution is 7.85. The molecular weight excluding hydrogens is 196 g/mol. The maximum absolute atomic E-state index is 10.6. The van der Waals surface area contributed by atoms with Gasteiger partial charge in [-0.05, 0) is 12.8 Å². The second kappa shape index (κ2) is 5.93. The monoisotopic (exact) mass is 210 g/mol. The molecule has 0 unspecified atom stereocenters. The number of carbonyl (C=O) groups is 1. The van der Waals surface area contributed by atoms with E-state index in [1.165, 1.54) is 7.11 Å². The van der Waals surface area contributed by atoms with E-state index >= 15 is 0 Å². The smallest absolute Gasteiger partial charge is 0.305 e. The van der Waals surface area contributed by atoms with Gasteiger partial charge in [0, 0.05) is 6.42 Å². The Kier molecular flexibility index (Phi) is 5.65. The molecule has 0 rings (SSSR count). The molecule has 0 bridgehead atoms. The molecule has 0 aromatic carbocycles. The third-order valence-electron chi connectivity index (χ3n) is 1.51. The van der Waals surface area contributed by atoms with E-state index in [9.17, 15) is 13.2 Å². The summed E-state index contributed by atoms with van der Waals surface area (Å²) in [5.74, 6) is -0.541. The fourth-order valence-corrected chi connectivity index (χ4v) is 1.40. The first-order valence-electron chi connectivity index (χ1n) is 3.97. The molecule has 0 saturated carbocycles. The summed E-state index contributed by atoms with van der Waals surface area (Å²) in [6.07, 6.45) is 1.84. The van der Waals surface area contributed by atoms with Crippen LogP contribution in [0.25, 0.3) is 0 Å². The predicted molar refractivity (Wildman–Crippen MR) is 46.9 cm³/mol. The average molecular weight is 210 g/mol. The fourth-order valence-electron chi connectivity index (χ4n) is 0.833. The van der Waals surface area contributed by atoms with Gasteiger partial charge in [0.15, 0.2) is 0 Å². The van der Waals surface area contributed by atoms with Crippen molar-refractivity contribution in [3.63, 3.8) is 0 Å². The Morgan fingerprint density at radius 3 is 2.38 bits per heavy atom. The van der Waals surface area contributed by atoms with Crippen LogP contribution in [0, 0.1) is 0 Å². The number of hydrogen-bond donors (Lipinski definition) is 1. The van der Waals surface area contributed by atoms with Gasteiger partial charge in [-0.15, -0.1) is 0 Å². The molecule has 0 radical (unpaired) electrons. The zero-order valence-corrected chi connectivity index (χ0v) is 8.34. The van der Waals surface area contributed by atoms with E-state index in [4.69, 9.17) is 4.55 Å². The zero-order valence-electron chi connectivity index (χ0n) is 7.52. The van der Waals surface area contributed by atoms with Crippen molar-refractivity contribution in [3.8, 4) is 0 Å². The van der Waals surface area contributed by atoms with E-state index in [2.05, 4.69) is 4.74 Å². The number of rotatable bonds is 6. The Labute approximate surface area is 77.8 Å². The molecule has 0 heterocycles. The van der Waals surface area contributed by atoms with E-state index < -0.39 is 10.1 Å². The summed E-state index contributed by atoms with van der Waals surface area (Å²) < 4.78 is 33.2. The number of unbranched alkanes of at least 4 members (excludes halogenated alkanes) is 2. The van der Waals surface area contributed by atoms with Gasteiger partial charge in [-0.2, -0.15) is 8.42 Å². The Morgan fingerprint density at radius 1 is 1.31 bits per heavy atom. The van der Waals surface area contributed by atoms with E-state index in [0.29, 0.717) is 25.7 Å². The van der Waals surface area contributed by atoms with Crippen LogP contribution in [0.1, 0.15) is 25.7 Å². The van der Waals surface area contributed by atoms with E-state index in [1.807, 2.05) is 0 Å². The molecular formula is C7H14O5S. The first kappa shape index (κ1) is 12.4. The Morgan fingerprint density at radius 2 is 1.92 bits per heavy atom. The van der Waals surface area contributed by atoms with Crippen molar-refractivity contribution < 1.29 is 22.5 Å². The van der Waals surface area contributed by atoms with Gasteiger partial charge in [0.25, 0.3) is 10.1 Å². The highest BCUT2D eigenvalue weighted by Gasteiger charge is 2.04. The first-order chi connectivity index (χ1) is 5.95. The number of esters is 1. The van der Waals surface area contributed by atoms with Crippen LogP contribution in [0.4, 0.5) is 0 Å². The molecule has 0 aromatic rings. The molecule has 0 amide bonds. The maximum atomic E-state index is 10.6. The van der Waals surface area contributed by atoms with E-state index in [-0.39, 0.29) is 11.7 Å². The van der Waals surface area contributed by atoms with Crippen LogP contribution in [-0.4, -0.2) is 31.8 Å². The lowest BCUT2D eigenvalue weighted by atomic mass is 10.2. The minimum absolute atomic E-state index is 0.242. The minimum atomic E-state index is -3.85. The minimum Gasteiger partial charge on any atom is -0.469 e. The van der Waals surface area contributed by atoms with Crippen LogP contribution in [-0.2, 0) is 19.6 Å². The second-order valence-corrected chi connectivity index (χ2v) is 4.24. The van der Waals surface area contributed by atoms with Crippen LogP contribution >= 0.6 is 0 Å². The summed E-state index contributed by atoms with van der Waals surface area (Å²) in [6.45, 7) is 0. The van der Waals surface area contributed by atoms with E-state index in [1.54, 1.807) is 0 Å². The van der Waals surface area contributed by atoms with Crippen molar-refractivity contribution in [2.24, 2.45) is 0 Å². The number of hydrogen-bond acceptors (Lipinski definition) is 4. The van der Waals surface area contributed by atoms with Crippen LogP contribution in [0.3, 0.4) is 0 Å². The highest BCUT2D eigenvalue weighted by Crippen LogP contribution is 2.02. The standard InChI is InChI=1S/C7H14O5S/c1-12-7(8)5-3-2-4-6-13(9,10)11/h2-6H2,1H3,(H,9,10,11). The van der Waals surface area contributed by atoms with Gasteiger partial charge < -0.3 is 4.74 Å². The second-order valence-electron chi connectivity index (χ2n) is 2.67. The maximum Gasteiger partial charge on any atom is 0.305 e. The van der Waals surface area contributed by atoms with Crippen molar-refractivity contribution in [1.82, 2.24) is 0 Å². The molecule has 13 heavy (non-hydrogen) atoms. The SMILES string of the molecule is COC(=O)CCCCCS(=O)(=O)O. The number of carbonyl (C=O) groups excluding carboxylic acids is 1. The van der Waals surface area contributed by atoms with Gasteiger partial charge in [0.2, 0.25) is 0 Å². The van der Waals surface area contributed by atoms with Crippen molar-refractivity contribution in [2.75, 3.05) is 12.9 Å². The fraction of sp³-hybridized carbons (Fsp3) is 0.857. The highest BCUT2D eigenvalue weighted by atomic mass is 32.2. The van der Waals surface area contributed by atoms with Gasteiger partial charge in [-0.3, -0.25) is 9.35 Å². The normalized spacial score (nSPS) is 11.2. The van der Waals surface area contributed by atoms with Crippen molar-refractivity contribution in [2.45, 2.75) is 25.7 Å². The molecule has 0 aliphatic carbocycles.